The Hall–Kier alpha value is -2.25. The van der Waals surface area contributed by atoms with E-state index in [-0.39, 0.29) is 12.1 Å². The van der Waals surface area contributed by atoms with Crippen LogP contribution < -0.4 is 15.4 Å². The van der Waals surface area contributed by atoms with Crippen LogP contribution in [-0.2, 0) is 4.79 Å². The fourth-order valence-corrected chi connectivity index (χ4v) is 1.07. The Kier molecular flexibility index (Phi) is 3.56. The van der Waals surface area contributed by atoms with E-state index in [0.717, 1.165) is 12.1 Å². The third-order valence-electron chi connectivity index (χ3n) is 1.67. The van der Waals surface area contributed by atoms with E-state index in [2.05, 4.69) is 4.74 Å². The first kappa shape index (κ1) is 12.8. The van der Waals surface area contributed by atoms with Crippen LogP contribution in [-0.4, -0.2) is 18.8 Å². The number of hydrogen-bond donors (Lipinski definition) is 1. The molecule has 0 saturated heterocycles. The fraction of sp³-hybridized carbons (Fsp3) is 0.111. The van der Waals surface area contributed by atoms with Gasteiger partial charge in [0.25, 0.3) is 0 Å². The van der Waals surface area contributed by atoms with Gasteiger partial charge in [0.1, 0.15) is 5.75 Å². The Morgan fingerprint density at radius 1 is 1.41 bits per heavy atom. The zero-order chi connectivity index (χ0) is 13.1. The maximum atomic E-state index is 11.9. The number of nitrogens with zero attached hydrogens (tertiary/aromatic N) is 1. The van der Waals surface area contributed by atoms with Gasteiger partial charge in [-0.1, -0.05) is 6.07 Å². The summed E-state index contributed by atoms with van der Waals surface area (Å²) in [6.07, 6.45) is -4.76. The molecule has 0 bridgehead atoms. The van der Waals surface area contributed by atoms with Gasteiger partial charge in [-0.3, -0.25) is 4.79 Å². The van der Waals surface area contributed by atoms with Gasteiger partial charge in [-0.2, -0.15) is 0 Å². The number of ether oxygens (including phenoxy) is 1. The van der Waals surface area contributed by atoms with Crippen LogP contribution in [0.15, 0.2) is 24.3 Å². The van der Waals surface area contributed by atoms with Crippen molar-refractivity contribution < 1.29 is 27.5 Å². The van der Waals surface area contributed by atoms with Gasteiger partial charge in [0, 0.05) is 6.07 Å². The van der Waals surface area contributed by atoms with E-state index in [1.807, 2.05) is 0 Å². The molecular formula is C9H7F3N2O3. The lowest BCUT2D eigenvalue weighted by molar-refractivity contribution is -0.274. The third-order valence-corrected chi connectivity index (χ3v) is 1.67. The highest BCUT2D eigenvalue weighted by atomic mass is 19.4. The van der Waals surface area contributed by atoms with Crippen LogP contribution >= 0.6 is 0 Å². The van der Waals surface area contributed by atoms with Gasteiger partial charge in [-0.25, -0.2) is 9.69 Å². The molecule has 17 heavy (non-hydrogen) atoms. The average Bonchev–Trinajstić information content (AvgIpc) is 2.15. The molecule has 5 nitrogen and oxygen atoms in total. The second-order valence-electron chi connectivity index (χ2n) is 2.86. The minimum atomic E-state index is -4.85. The van der Waals surface area contributed by atoms with Crippen molar-refractivity contribution >= 4 is 18.1 Å². The van der Waals surface area contributed by atoms with E-state index < -0.39 is 18.1 Å². The monoisotopic (exact) mass is 248 g/mol. The number of benzene rings is 1. The number of carbonyl (C=O) groups is 2. The molecule has 0 unspecified atom stereocenters. The van der Waals surface area contributed by atoms with Crippen molar-refractivity contribution in [3.05, 3.63) is 24.3 Å². The Labute approximate surface area is 93.6 Å². The third kappa shape index (κ3) is 3.67. The number of halogens is 3. The molecule has 0 radical (unpaired) electrons. The normalized spacial score (nSPS) is 10.8. The van der Waals surface area contributed by atoms with E-state index >= 15 is 0 Å². The van der Waals surface area contributed by atoms with E-state index in [4.69, 9.17) is 5.73 Å². The van der Waals surface area contributed by atoms with Crippen LogP contribution in [0.3, 0.4) is 0 Å². The van der Waals surface area contributed by atoms with Gasteiger partial charge >= 0.3 is 12.4 Å². The van der Waals surface area contributed by atoms with Crippen molar-refractivity contribution in [3.63, 3.8) is 0 Å². The van der Waals surface area contributed by atoms with Crippen LogP contribution in [0.5, 0.6) is 5.75 Å². The lowest BCUT2D eigenvalue weighted by Crippen LogP contribution is -2.34. The number of primary amides is 1. The van der Waals surface area contributed by atoms with Crippen molar-refractivity contribution in [1.82, 2.24) is 0 Å². The minimum absolute atomic E-state index is 0.0923. The molecule has 0 aromatic heterocycles. The predicted octanol–water partition coefficient (Wildman–Crippen LogP) is 1.63. The molecule has 0 fully saturated rings. The molecule has 1 rings (SSSR count). The summed E-state index contributed by atoms with van der Waals surface area (Å²) in [4.78, 5) is 21.7. The van der Waals surface area contributed by atoms with Crippen LogP contribution in [0, 0.1) is 0 Å². The van der Waals surface area contributed by atoms with E-state index in [0.29, 0.717) is 4.90 Å². The number of anilines is 1. The molecule has 1 aromatic rings. The molecule has 0 heterocycles. The topological polar surface area (TPSA) is 72.6 Å². The van der Waals surface area contributed by atoms with E-state index in [1.54, 1.807) is 0 Å². The Balaban J connectivity index is 3.00. The Morgan fingerprint density at radius 2 is 2.06 bits per heavy atom. The summed E-state index contributed by atoms with van der Waals surface area (Å²) < 4.78 is 39.4. The number of alkyl halides is 3. The smallest absolute Gasteiger partial charge is 0.406 e. The highest BCUT2D eigenvalue weighted by Gasteiger charge is 2.31. The van der Waals surface area contributed by atoms with Crippen molar-refractivity contribution in [2.24, 2.45) is 5.73 Å². The zero-order valence-corrected chi connectivity index (χ0v) is 8.27. The lowest BCUT2D eigenvalue weighted by atomic mass is 10.3. The molecule has 0 aliphatic heterocycles. The molecule has 2 N–H and O–H groups in total. The molecule has 0 spiro atoms. The van der Waals surface area contributed by atoms with E-state index in [1.165, 1.54) is 12.1 Å². The molecule has 0 atom stereocenters. The maximum absolute atomic E-state index is 11.9. The van der Waals surface area contributed by atoms with Gasteiger partial charge in [-0.15, -0.1) is 13.2 Å². The average molecular weight is 248 g/mol. The largest absolute Gasteiger partial charge is 0.573 e. The summed E-state index contributed by atoms with van der Waals surface area (Å²) in [6, 6.07) is 3.22. The van der Waals surface area contributed by atoms with E-state index in [9.17, 15) is 22.8 Å². The second-order valence-corrected chi connectivity index (χ2v) is 2.86. The predicted molar refractivity (Wildman–Crippen MR) is 51.3 cm³/mol. The van der Waals surface area contributed by atoms with Crippen LogP contribution in [0.2, 0.25) is 0 Å². The Morgan fingerprint density at radius 3 is 2.53 bits per heavy atom. The number of imide groups is 1. The minimum Gasteiger partial charge on any atom is -0.406 e. The Bertz CT molecular complexity index is 434. The number of urea groups is 1. The summed E-state index contributed by atoms with van der Waals surface area (Å²) in [5.74, 6) is -0.553. The standard InChI is InChI=1S/C9H7F3N2O3/c10-9(11,12)17-7-3-1-2-6(4-7)14(5-15)8(13)16/h1-5H,(H2,13,16). The number of hydrogen-bond acceptors (Lipinski definition) is 3. The molecule has 3 amide bonds. The summed E-state index contributed by atoms with van der Waals surface area (Å²) in [7, 11) is 0. The molecule has 0 aliphatic rings. The summed E-state index contributed by atoms with van der Waals surface area (Å²) in [6.45, 7) is 0. The highest BCUT2D eigenvalue weighted by molar-refractivity contribution is 6.05. The lowest BCUT2D eigenvalue weighted by Gasteiger charge is -2.14. The zero-order valence-electron chi connectivity index (χ0n) is 8.27. The fourth-order valence-electron chi connectivity index (χ4n) is 1.07. The summed E-state index contributed by atoms with van der Waals surface area (Å²) >= 11 is 0. The van der Waals surface area contributed by atoms with Crippen molar-refractivity contribution in [1.29, 1.82) is 0 Å². The van der Waals surface area contributed by atoms with Crippen molar-refractivity contribution in [2.45, 2.75) is 6.36 Å². The summed E-state index contributed by atoms with van der Waals surface area (Å²) in [5.41, 5.74) is 4.73. The number of nitrogens with two attached hydrogens (primary N) is 1. The first-order valence-corrected chi connectivity index (χ1v) is 4.23. The SMILES string of the molecule is NC(=O)N(C=O)c1cccc(OC(F)(F)F)c1. The first-order chi connectivity index (χ1) is 7.83. The molecule has 8 heteroatoms. The van der Waals surface area contributed by atoms with Gasteiger partial charge in [-0.05, 0) is 12.1 Å². The number of carbonyl (C=O) groups excluding carboxylic acids is 2. The van der Waals surface area contributed by atoms with Crippen LogP contribution in [0.25, 0.3) is 0 Å². The maximum Gasteiger partial charge on any atom is 0.573 e. The van der Waals surface area contributed by atoms with Gasteiger partial charge < -0.3 is 10.5 Å². The molecular weight excluding hydrogens is 241 g/mol. The molecule has 92 valence electrons. The molecule has 1 aromatic carbocycles. The molecule has 0 aliphatic carbocycles. The molecule has 0 saturated carbocycles. The van der Waals surface area contributed by atoms with Gasteiger partial charge in [0.2, 0.25) is 6.41 Å². The van der Waals surface area contributed by atoms with Gasteiger partial charge in [0.15, 0.2) is 0 Å². The summed E-state index contributed by atoms with van der Waals surface area (Å²) in [5, 5.41) is 0. The van der Waals surface area contributed by atoms with Gasteiger partial charge in [0.05, 0.1) is 5.69 Å². The van der Waals surface area contributed by atoms with Crippen molar-refractivity contribution in [3.8, 4) is 5.75 Å². The van der Waals surface area contributed by atoms with Crippen molar-refractivity contribution in [2.75, 3.05) is 4.90 Å². The number of amides is 3. The highest BCUT2D eigenvalue weighted by Crippen LogP contribution is 2.26. The quantitative estimate of drug-likeness (QED) is 0.826. The number of rotatable bonds is 3. The van der Waals surface area contributed by atoms with Crippen LogP contribution in [0.4, 0.5) is 23.7 Å². The first-order valence-electron chi connectivity index (χ1n) is 4.23. The second kappa shape index (κ2) is 4.73. The van der Waals surface area contributed by atoms with Crippen LogP contribution in [0.1, 0.15) is 0 Å².